The van der Waals surface area contributed by atoms with Gasteiger partial charge in [-0.1, -0.05) is 12.1 Å². The van der Waals surface area contributed by atoms with E-state index in [1.54, 1.807) is 31.5 Å². The smallest absolute Gasteiger partial charge is 0.212 e. The minimum Gasteiger partial charge on any atom is -0.481 e. The number of nitrogens with zero attached hydrogens (tertiary/aromatic N) is 1. The van der Waals surface area contributed by atoms with Crippen molar-refractivity contribution < 1.29 is 9.13 Å². The van der Waals surface area contributed by atoms with E-state index in [-0.39, 0.29) is 5.82 Å². The molecule has 0 fully saturated rings. The van der Waals surface area contributed by atoms with Crippen molar-refractivity contribution in [2.24, 2.45) is 0 Å². The molecule has 0 aliphatic rings. The molecule has 0 bridgehead atoms. The van der Waals surface area contributed by atoms with Crippen molar-refractivity contribution in [3.05, 3.63) is 52.4 Å². The van der Waals surface area contributed by atoms with Crippen LogP contribution >= 0.6 is 15.9 Å². The molecule has 18 heavy (non-hydrogen) atoms. The molecule has 1 N–H and O–H groups in total. The molecular formula is C13H12BrFN2O. The summed E-state index contributed by atoms with van der Waals surface area (Å²) in [6.07, 6.45) is 1.70. The predicted molar refractivity (Wildman–Crippen MR) is 72.2 cm³/mol. The zero-order valence-electron chi connectivity index (χ0n) is 9.78. The van der Waals surface area contributed by atoms with Gasteiger partial charge in [-0.25, -0.2) is 9.37 Å². The maximum atomic E-state index is 13.5. The van der Waals surface area contributed by atoms with E-state index in [9.17, 15) is 4.39 Å². The number of pyridine rings is 1. The molecule has 2 aromatic rings. The number of benzene rings is 1. The van der Waals surface area contributed by atoms with Crippen LogP contribution in [0.25, 0.3) is 0 Å². The van der Waals surface area contributed by atoms with Crippen molar-refractivity contribution in [1.29, 1.82) is 0 Å². The third kappa shape index (κ3) is 2.98. The molecular weight excluding hydrogens is 299 g/mol. The second-order valence-corrected chi connectivity index (χ2v) is 4.51. The zero-order chi connectivity index (χ0) is 13.0. The van der Waals surface area contributed by atoms with Crippen LogP contribution in [0.5, 0.6) is 5.88 Å². The van der Waals surface area contributed by atoms with E-state index in [4.69, 9.17) is 4.74 Å². The summed E-state index contributed by atoms with van der Waals surface area (Å²) in [5.74, 6) is 0.275. The highest BCUT2D eigenvalue weighted by molar-refractivity contribution is 9.10. The summed E-state index contributed by atoms with van der Waals surface area (Å²) < 4.78 is 19.2. The Bertz CT molecular complexity index is 511. The van der Waals surface area contributed by atoms with Crippen LogP contribution in [0.3, 0.4) is 0 Å². The molecule has 0 saturated carbocycles. The van der Waals surface area contributed by atoms with Crippen molar-refractivity contribution >= 4 is 21.6 Å². The first-order valence-electron chi connectivity index (χ1n) is 5.37. The van der Waals surface area contributed by atoms with E-state index < -0.39 is 0 Å². The Morgan fingerprint density at radius 2 is 2.17 bits per heavy atom. The van der Waals surface area contributed by atoms with E-state index in [1.165, 1.54) is 6.07 Å². The molecule has 94 valence electrons. The number of rotatable bonds is 4. The molecule has 1 heterocycles. The number of para-hydroxylation sites is 1. The first kappa shape index (κ1) is 12.8. The fourth-order valence-electron chi connectivity index (χ4n) is 1.49. The summed E-state index contributed by atoms with van der Waals surface area (Å²) in [5.41, 5.74) is 1.40. The number of methoxy groups -OCH3 is 1. The molecule has 0 atom stereocenters. The Labute approximate surface area is 113 Å². The van der Waals surface area contributed by atoms with Crippen LogP contribution in [-0.4, -0.2) is 12.1 Å². The van der Waals surface area contributed by atoms with E-state index in [1.807, 2.05) is 6.07 Å². The Morgan fingerprint density at radius 1 is 1.33 bits per heavy atom. The summed E-state index contributed by atoms with van der Waals surface area (Å²) in [7, 11) is 1.57. The maximum absolute atomic E-state index is 13.5. The molecule has 1 aromatic heterocycles. The number of nitrogens with one attached hydrogen (secondary N) is 1. The van der Waals surface area contributed by atoms with Crippen LogP contribution in [0.2, 0.25) is 0 Å². The van der Waals surface area contributed by atoms with E-state index in [0.29, 0.717) is 22.6 Å². The topological polar surface area (TPSA) is 34.1 Å². The van der Waals surface area contributed by atoms with Gasteiger partial charge in [0.15, 0.2) is 0 Å². The Balaban J connectivity index is 2.06. The van der Waals surface area contributed by atoms with Gasteiger partial charge >= 0.3 is 0 Å². The molecule has 0 aliphatic heterocycles. The quantitative estimate of drug-likeness (QED) is 0.937. The monoisotopic (exact) mass is 310 g/mol. The molecule has 0 radical (unpaired) electrons. The predicted octanol–water partition coefficient (Wildman–Crippen LogP) is 3.60. The number of anilines is 1. The second-order valence-electron chi connectivity index (χ2n) is 3.66. The van der Waals surface area contributed by atoms with Crippen molar-refractivity contribution in [1.82, 2.24) is 4.98 Å². The molecule has 0 spiro atoms. The van der Waals surface area contributed by atoms with Gasteiger partial charge in [0.2, 0.25) is 5.88 Å². The lowest BCUT2D eigenvalue weighted by atomic mass is 10.2. The van der Waals surface area contributed by atoms with Gasteiger partial charge in [-0.3, -0.25) is 0 Å². The summed E-state index contributed by atoms with van der Waals surface area (Å²) in [4.78, 5) is 4.09. The van der Waals surface area contributed by atoms with Crippen molar-refractivity contribution in [2.45, 2.75) is 6.54 Å². The standard InChI is InChI=1S/C13H12BrFN2O/c1-18-12-6-5-9(7-16-12)8-17-13-10(14)3-2-4-11(13)15/h2-7,17H,8H2,1H3. The molecule has 0 unspecified atom stereocenters. The van der Waals surface area contributed by atoms with Gasteiger partial charge < -0.3 is 10.1 Å². The fraction of sp³-hybridized carbons (Fsp3) is 0.154. The number of halogens is 2. The Morgan fingerprint density at radius 3 is 2.78 bits per heavy atom. The van der Waals surface area contributed by atoms with Crippen LogP contribution < -0.4 is 10.1 Å². The van der Waals surface area contributed by atoms with Gasteiger partial charge in [-0.2, -0.15) is 0 Å². The normalized spacial score (nSPS) is 10.2. The maximum Gasteiger partial charge on any atom is 0.212 e. The first-order chi connectivity index (χ1) is 8.70. The summed E-state index contributed by atoms with van der Waals surface area (Å²) >= 11 is 3.31. The van der Waals surface area contributed by atoms with Gasteiger partial charge in [0.05, 0.1) is 12.8 Å². The minimum absolute atomic E-state index is 0.286. The van der Waals surface area contributed by atoms with Crippen molar-refractivity contribution in [3.8, 4) is 5.88 Å². The minimum atomic E-state index is -0.286. The molecule has 0 saturated heterocycles. The number of hydrogen-bond acceptors (Lipinski definition) is 3. The molecule has 0 amide bonds. The molecule has 5 heteroatoms. The van der Waals surface area contributed by atoms with Crippen LogP contribution in [0.1, 0.15) is 5.56 Å². The summed E-state index contributed by atoms with van der Waals surface area (Å²) in [6, 6.07) is 8.51. The average Bonchev–Trinajstić information content (AvgIpc) is 2.39. The Hall–Kier alpha value is -1.62. The number of hydrogen-bond donors (Lipinski definition) is 1. The van der Waals surface area contributed by atoms with Gasteiger partial charge in [0.25, 0.3) is 0 Å². The highest BCUT2D eigenvalue weighted by Crippen LogP contribution is 2.25. The van der Waals surface area contributed by atoms with Crippen LogP contribution in [0, 0.1) is 5.82 Å². The third-order valence-corrected chi connectivity index (χ3v) is 3.10. The highest BCUT2D eigenvalue weighted by atomic mass is 79.9. The van der Waals surface area contributed by atoms with Gasteiger partial charge in [-0.15, -0.1) is 0 Å². The lowest BCUT2D eigenvalue weighted by molar-refractivity contribution is 0.397. The van der Waals surface area contributed by atoms with Gasteiger partial charge in [-0.05, 0) is 33.6 Å². The van der Waals surface area contributed by atoms with Crippen molar-refractivity contribution in [3.63, 3.8) is 0 Å². The SMILES string of the molecule is COc1ccc(CNc2c(F)cccc2Br)cn1. The van der Waals surface area contributed by atoms with E-state index in [0.717, 1.165) is 5.56 Å². The van der Waals surface area contributed by atoms with Crippen LogP contribution in [-0.2, 0) is 6.54 Å². The van der Waals surface area contributed by atoms with Gasteiger partial charge in [0, 0.05) is 23.3 Å². The van der Waals surface area contributed by atoms with Crippen LogP contribution in [0.15, 0.2) is 41.0 Å². The third-order valence-electron chi connectivity index (χ3n) is 2.44. The van der Waals surface area contributed by atoms with E-state index >= 15 is 0 Å². The Kier molecular flexibility index (Phi) is 4.15. The van der Waals surface area contributed by atoms with E-state index in [2.05, 4.69) is 26.2 Å². The highest BCUT2D eigenvalue weighted by Gasteiger charge is 2.05. The summed E-state index contributed by atoms with van der Waals surface area (Å²) in [5, 5.41) is 3.03. The molecule has 2 rings (SSSR count). The summed E-state index contributed by atoms with van der Waals surface area (Å²) in [6.45, 7) is 0.497. The lowest BCUT2D eigenvalue weighted by Gasteiger charge is -2.09. The molecule has 0 aliphatic carbocycles. The lowest BCUT2D eigenvalue weighted by Crippen LogP contribution is -2.02. The average molecular weight is 311 g/mol. The fourth-order valence-corrected chi connectivity index (χ4v) is 1.98. The zero-order valence-corrected chi connectivity index (χ0v) is 11.4. The first-order valence-corrected chi connectivity index (χ1v) is 6.17. The number of aromatic nitrogens is 1. The second kappa shape index (κ2) is 5.82. The largest absolute Gasteiger partial charge is 0.481 e. The number of ether oxygens (including phenoxy) is 1. The van der Waals surface area contributed by atoms with Gasteiger partial charge in [0.1, 0.15) is 5.82 Å². The molecule has 1 aromatic carbocycles. The van der Waals surface area contributed by atoms with Crippen molar-refractivity contribution in [2.75, 3.05) is 12.4 Å². The molecule has 3 nitrogen and oxygen atoms in total. The van der Waals surface area contributed by atoms with Crippen LogP contribution in [0.4, 0.5) is 10.1 Å².